The summed E-state index contributed by atoms with van der Waals surface area (Å²) in [6, 6.07) is 15.1. The number of para-hydroxylation sites is 1. The van der Waals surface area contributed by atoms with Gasteiger partial charge in [-0.05, 0) is 29.7 Å². The maximum Gasteiger partial charge on any atom is 0.234 e. The summed E-state index contributed by atoms with van der Waals surface area (Å²) < 4.78 is 17.2. The first-order valence-corrected chi connectivity index (χ1v) is 9.51. The zero-order valence-electron chi connectivity index (χ0n) is 17.5. The van der Waals surface area contributed by atoms with Crippen LogP contribution in [0.1, 0.15) is 38.3 Å². The maximum absolute atomic E-state index is 11.5. The molecule has 0 spiro atoms. The fourth-order valence-electron chi connectivity index (χ4n) is 2.77. The third-order valence-electron chi connectivity index (χ3n) is 4.28. The standard InChI is InChI=1S/C23H28N2O4/c1-23(2,3)19-15-18(27-4)9-10-21(19)29-14-13-28-20-8-6-5-7-17(20)16-25-22(26)11-12-24/h5-10,15H,11,13-14,16H2,1-4H3,(H,25,26). The van der Waals surface area contributed by atoms with Gasteiger partial charge in [0.15, 0.2) is 0 Å². The van der Waals surface area contributed by atoms with Crippen LogP contribution in [0.3, 0.4) is 0 Å². The number of nitrogens with one attached hydrogen (secondary N) is 1. The zero-order valence-corrected chi connectivity index (χ0v) is 17.5. The molecule has 0 aliphatic carbocycles. The summed E-state index contributed by atoms with van der Waals surface area (Å²) in [5.74, 6) is 1.98. The van der Waals surface area contributed by atoms with Crippen molar-refractivity contribution in [1.82, 2.24) is 5.32 Å². The van der Waals surface area contributed by atoms with E-state index in [2.05, 4.69) is 26.1 Å². The van der Waals surface area contributed by atoms with Crippen molar-refractivity contribution in [3.05, 3.63) is 53.6 Å². The average Bonchev–Trinajstić information content (AvgIpc) is 2.70. The molecule has 0 unspecified atom stereocenters. The van der Waals surface area contributed by atoms with Gasteiger partial charge in [0.2, 0.25) is 5.91 Å². The largest absolute Gasteiger partial charge is 0.497 e. The van der Waals surface area contributed by atoms with E-state index >= 15 is 0 Å². The van der Waals surface area contributed by atoms with E-state index in [9.17, 15) is 4.79 Å². The Morgan fingerprint density at radius 3 is 2.41 bits per heavy atom. The summed E-state index contributed by atoms with van der Waals surface area (Å²) in [4.78, 5) is 11.5. The highest BCUT2D eigenvalue weighted by Crippen LogP contribution is 2.34. The lowest BCUT2D eigenvalue weighted by molar-refractivity contribution is -0.120. The minimum atomic E-state index is -0.306. The van der Waals surface area contributed by atoms with Gasteiger partial charge in [-0.3, -0.25) is 4.79 Å². The summed E-state index contributed by atoms with van der Waals surface area (Å²) in [6.07, 6.45) is -0.158. The number of hydrogen-bond donors (Lipinski definition) is 1. The second-order valence-electron chi connectivity index (χ2n) is 7.53. The SMILES string of the molecule is COc1ccc(OCCOc2ccccc2CNC(=O)CC#N)c(C(C)(C)C)c1. The second kappa shape index (κ2) is 10.4. The van der Waals surface area contributed by atoms with Crippen molar-refractivity contribution >= 4 is 5.91 Å². The molecule has 0 aromatic heterocycles. The monoisotopic (exact) mass is 396 g/mol. The average molecular weight is 396 g/mol. The Kier molecular flexibility index (Phi) is 7.90. The summed E-state index contributed by atoms with van der Waals surface area (Å²) in [7, 11) is 1.65. The molecule has 1 N–H and O–H groups in total. The maximum atomic E-state index is 11.5. The first-order valence-electron chi connectivity index (χ1n) is 9.51. The quantitative estimate of drug-likeness (QED) is 0.649. The Hall–Kier alpha value is -3.20. The highest BCUT2D eigenvalue weighted by Gasteiger charge is 2.20. The van der Waals surface area contributed by atoms with E-state index < -0.39 is 0 Å². The molecular formula is C23H28N2O4. The predicted octanol–water partition coefficient (Wildman–Crippen LogP) is 3.98. The van der Waals surface area contributed by atoms with E-state index in [1.165, 1.54) is 0 Å². The number of carbonyl (C=O) groups is 1. The van der Waals surface area contributed by atoms with Gasteiger partial charge < -0.3 is 19.5 Å². The van der Waals surface area contributed by atoms with E-state index in [-0.39, 0.29) is 17.7 Å². The highest BCUT2D eigenvalue weighted by atomic mass is 16.5. The molecule has 154 valence electrons. The molecule has 2 rings (SSSR count). The molecule has 2 aromatic rings. The van der Waals surface area contributed by atoms with Crippen molar-refractivity contribution in [3.63, 3.8) is 0 Å². The number of nitriles is 1. The molecule has 0 aliphatic rings. The van der Waals surface area contributed by atoms with Gasteiger partial charge in [-0.15, -0.1) is 0 Å². The van der Waals surface area contributed by atoms with Crippen LogP contribution >= 0.6 is 0 Å². The lowest BCUT2D eigenvalue weighted by atomic mass is 9.86. The first-order chi connectivity index (χ1) is 13.8. The summed E-state index contributed by atoms with van der Waals surface area (Å²) >= 11 is 0. The Morgan fingerprint density at radius 1 is 1.07 bits per heavy atom. The van der Waals surface area contributed by atoms with Crippen LogP contribution in [0.25, 0.3) is 0 Å². The normalized spacial score (nSPS) is 10.7. The minimum absolute atomic E-state index is 0.0844. The first kappa shape index (κ1) is 22.1. The van der Waals surface area contributed by atoms with Crippen molar-refractivity contribution in [2.24, 2.45) is 0 Å². The van der Waals surface area contributed by atoms with Crippen molar-refractivity contribution in [2.45, 2.75) is 39.2 Å². The van der Waals surface area contributed by atoms with E-state index in [1.807, 2.05) is 48.5 Å². The summed E-state index contributed by atoms with van der Waals surface area (Å²) in [6.45, 7) is 7.43. The molecule has 6 nitrogen and oxygen atoms in total. The number of benzene rings is 2. The molecule has 0 atom stereocenters. The highest BCUT2D eigenvalue weighted by molar-refractivity contribution is 5.78. The molecule has 2 aromatic carbocycles. The summed E-state index contributed by atoms with van der Waals surface area (Å²) in [5.41, 5.74) is 1.83. The van der Waals surface area contributed by atoms with Crippen molar-refractivity contribution in [1.29, 1.82) is 5.26 Å². The van der Waals surface area contributed by atoms with Crippen LogP contribution < -0.4 is 19.5 Å². The van der Waals surface area contributed by atoms with Gasteiger partial charge in [0, 0.05) is 17.7 Å². The van der Waals surface area contributed by atoms with Gasteiger partial charge in [-0.25, -0.2) is 0 Å². The van der Waals surface area contributed by atoms with Gasteiger partial charge >= 0.3 is 0 Å². The molecular weight excluding hydrogens is 368 g/mol. The van der Waals surface area contributed by atoms with Crippen LogP contribution in [0.5, 0.6) is 17.2 Å². The number of hydrogen-bond acceptors (Lipinski definition) is 5. The molecule has 1 amide bonds. The van der Waals surface area contributed by atoms with E-state index in [1.54, 1.807) is 7.11 Å². The van der Waals surface area contributed by atoms with E-state index in [0.717, 1.165) is 22.6 Å². The number of carbonyl (C=O) groups excluding carboxylic acids is 1. The molecule has 0 aliphatic heterocycles. The minimum Gasteiger partial charge on any atom is -0.497 e. The second-order valence-corrected chi connectivity index (χ2v) is 7.53. The number of rotatable bonds is 9. The van der Waals surface area contributed by atoms with Crippen molar-refractivity contribution in [3.8, 4) is 23.3 Å². The predicted molar refractivity (Wildman–Crippen MR) is 111 cm³/mol. The van der Waals surface area contributed by atoms with Gasteiger partial charge in [0.25, 0.3) is 0 Å². The molecule has 0 fully saturated rings. The lowest BCUT2D eigenvalue weighted by Gasteiger charge is -2.23. The van der Waals surface area contributed by atoms with E-state index in [4.69, 9.17) is 19.5 Å². The van der Waals surface area contributed by atoms with Crippen LogP contribution in [0.4, 0.5) is 0 Å². The topological polar surface area (TPSA) is 80.6 Å². The van der Waals surface area contributed by atoms with Crippen LogP contribution in [-0.2, 0) is 16.8 Å². The van der Waals surface area contributed by atoms with Gasteiger partial charge in [-0.1, -0.05) is 39.0 Å². The number of methoxy groups -OCH3 is 1. The van der Waals surface area contributed by atoms with Gasteiger partial charge in [0.05, 0.1) is 13.2 Å². The molecule has 0 saturated heterocycles. The number of ether oxygens (including phenoxy) is 3. The van der Waals surface area contributed by atoms with Gasteiger partial charge in [0.1, 0.15) is 36.9 Å². The fraction of sp³-hybridized carbons (Fsp3) is 0.391. The van der Waals surface area contributed by atoms with Gasteiger partial charge in [-0.2, -0.15) is 5.26 Å². The molecule has 0 radical (unpaired) electrons. The lowest BCUT2D eigenvalue weighted by Crippen LogP contribution is -2.22. The number of nitrogens with zero attached hydrogens (tertiary/aromatic N) is 1. The van der Waals surface area contributed by atoms with Crippen LogP contribution in [0.2, 0.25) is 0 Å². The molecule has 0 saturated carbocycles. The smallest absolute Gasteiger partial charge is 0.234 e. The Morgan fingerprint density at radius 2 is 1.76 bits per heavy atom. The fourth-order valence-corrected chi connectivity index (χ4v) is 2.77. The van der Waals surface area contributed by atoms with Crippen molar-refractivity contribution in [2.75, 3.05) is 20.3 Å². The molecule has 0 bridgehead atoms. The zero-order chi connectivity index (χ0) is 21.3. The molecule has 29 heavy (non-hydrogen) atoms. The Balaban J connectivity index is 1.95. The van der Waals surface area contributed by atoms with E-state index in [0.29, 0.717) is 25.5 Å². The summed E-state index contributed by atoms with van der Waals surface area (Å²) in [5, 5.41) is 11.3. The van der Waals surface area contributed by atoms with Crippen LogP contribution in [0, 0.1) is 11.3 Å². The van der Waals surface area contributed by atoms with Crippen LogP contribution in [-0.4, -0.2) is 26.2 Å². The third kappa shape index (κ3) is 6.72. The molecule has 6 heteroatoms. The Labute approximate surface area is 172 Å². The van der Waals surface area contributed by atoms with Crippen molar-refractivity contribution < 1.29 is 19.0 Å². The Bertz CT molecular complexity index is 866. The number of amides is 1. The van der Waals surface area contributed by atoms with Crippen LogP contribution in [0.15, 0.2) is 42.5 Å². The third-order valence-corrected chi connectivity index (χ3v) is 4.28. The molecule has 0 heterocycles.